The third kappa shape index (κ3) is 3.87. The summed E-state index contributed by atoms with van der Waals surface area (Å²) >= 11 is 0. The van der Waals surface area contributed by atoms with E-state index in [1.165, 1.54) is 4.68 Å². The quantitative estimate of drug-likeness (QED) is 0.507. The highest BCUT2D eigenvalue weighted by Crippen LogP contribution is 2.21. The van der Waals surface area contributed by atoms with E-state index < -0.39 is 11.6 Å². The van der Waals surface area contributed by atoms with Crippen molar-refractivity contribution in [2.24, 2.45) is 0 Å². The summed E-state index contributed by atoms with van der Waals surface area (Å²) in [5.74, 6) is 0.411. The molecule has 164 valence electrons. The van der Waals surface area contributed by atoms with E-state index in [0.717, 1.165) is 16.9 Å². The summed E-state index contributed by atoms with van der Waals surface area (Å²) in [7, 11) is 1.59. The second-order valence-corrected chi connectivity index (χ2v) is 7.64. The molecule has 0 spiro atoms. The molecule has 0 aliphatic carbocycles. The Kier molecular flexibility index (Phi) is 5.77. The van der Waals surface area contributed by atoms with Crippen LogP contribution in [-0.2, 0) is 11.3 Å². The lowest BCUT2D eigenvalue weighted by Gasteiger charge is -2.15. The van der Waals surface area contributed by atoms with Gasteiger partial charge in [-0.3, -0.25) is 9.59 Å². The van der Waals surface area contributed by atoms with Gasteiger partial charge in [0, 0.05) is 6.54 Å². The molecule has 8 nitrogen and oxygen atoms in total. The number of aryl methyl sites for hydroxylation is 2. The number of methoxy groups -OCH3 is 1. The third-order valence-electron chi connectivity index (χ3n) is 5.49. The minimum absolute atomic E-state index is 0.297. The van der Waals surface area contributed by atoms with Crippen molar-refractivity contribution in [3.8, 4) is 11.4 Å². The van der Waals surface area contributed by atoms with Gasteiger partial charge in [-0.1, -0.05) is 30.3 Å². The summed E-state index contributed by atoms with van der Waals surface area (Å²) in [5, 5.41) is 12.6. The fourth-order valence-electron chi connectivity index (χ4n) is 3.76. The monoisotopic (exact) mass is 431 g/mol. The van der Waals surface area contributed by atoms with Gasteiger partial charge in [-0.05, 0) is 50.6 Å². The fourth-order valence-corrected chi connectivity index (χ4v) is 3.76. The van der Waals surface area contributed by atoms with Gasteiger partial charge in [-0.2, -0.15) is 10.2 Å². The normalized spacial score (nSPS) is 12.0. The van der Waals surface area contributed by atoms with Gasteiger partial charge in [0.2, 0.25) is 5.91 Å². The number of rotatable bonds is 6. The van der Waals surface area contributed by atoms with Crippen LogP contribution in [0.25, 0.3) is 16.6 Å². The lowest BCUT2D eigenvalue weighted by Crippen LogP contribution is -2.37. The van der Waals surface area contributed by atoms with Crippen molar-refractivity contribution in [2.45, 2.75) is 33.4 Å². The SMILES string of the molecule is COc1cccc(CNC(=O)[C@H](C)n2nc(C)c3c(C)n(-c4ccccc4)nc3c2=O)c1. The molecule has 0 saturated carbocycles. The van der Waals surface area contributed by atoms with E-state index in [0.29, 0.717) is 28.9 Å². The number of para-hydroxylation sites is 1. The lowest BCUT2D eigenvalue weighted by atomic mass is 10.2. The zero-order valence-electron chi connectivity index (χ0n) is 18.5. The van der Waals surface area contributed by atoms with Crippen molar-refractivity contribution >= 4 is 16.8 Å². The summed E-state index contributed by atoms with van der Waals surface area (Å²) in [6.07, 6.45) is 0. The molecular weight excluding hydrogens is 406 g/mol. The standard InChI is InChI=1S/C24H25N5O3/c1-15-21-16(2)28(19-10-6-5-7-11-19)27-22(21)24(31)29(26-15)17(3)23(30)25-14-18-9-8-12-20(13-18)32-4/h5-13,17H,14H2,1-4H3,(H,25,30)/t17-/m0/s1. The van der Waals surface area contributed by atoms with Crippen LogP contribution in [0.3, 0.4) is 0 Å². The number of fused-ring (bicyclic) bond motifs is 1. The molecule has 2 aromatic heterocycles. The van der Waals surface area contributed by atoms with Crippen molar-refractivity contribution in [1.82, 2.24) is 24.9 Å². The molecule has 32 heavy (non-hydrogen) atoms. The predicted molar refractivity (Wildman–Crippen MR) is 122 cm³/mol. The number of amides is 1. The van der Waals surface area contributed by atoms with E-state index in [-0.39, 0.29) is 5.91 Å². The Balaban J connectivity index is 1.64. The average molecular weight is 431 g/mol. The molecule has 0 aliphatic rings. The molecular formula is C24H25N5O3. The Morgan fingerprint density at radius 2 is 1.84 bits per heavy atom. The minimum Gasteiger partial charge on any atom is -0.497 e. The highest BCUT2D eigenvalue weighted by Gasteiger charge is 2.23. The fraction of sp³-hybridized carbons (Fsp3) is 0.250. The number of hydrogen-bond donors (Lipinski definition) is 1. The van der Waals surface area contributed by atoms with Crippen molar-refractivity contribution < 1.29 is 9.53 Å². The molecule has 4 aromatic rings. The van der Waals surface area contributed by atoms with Gasteiger partial charge in [0.25, 0.3) is 5.56 Å². The van der Waals surface area contributed by atoms with E-state index in [4.69, 9.17) is 4.74 Å². The van der Waals surface area contributed by atoms with Gasteiger partial charge in [0.15, 0.2) is 5.52 Å². The number of aromatic nitrogens is 4. The number of hydrogen-bond acceptors (Lipinski definition) is 5. The van der Waals surface area contributed by atoms with Gasteiger partial charge in [0.1, 0.15) is 11.8 Å². The van der Waals surface area contributed by atoms with Crippen LogP contribution in [-0.4, -0.2) is 32.6 Å². The maximum atomic E-state index is 13.2. The van der Waals surface area contributed by atoms with E-state index >= 15 is 0 Å². The van der Waals surface area contributed by atoms with Crippen LogP contribution in [0.2, 0.25) is 0 Å². The molecule has 2 aromatic carbocycles. The lowest BCUT2D eigenvalue weighted by molar-refractivity contribution is -0.124. The molecule has 0 radical (unpaired) electrons. The molecule has 2 heterocycles. The third-order valence-corrected chi connectivity index (χ3v) is 5.49. The Labute approximate surface area is 185 Å². The van der Waals surface area contributed by atoms with E-state index in [2.05, 4.69) is 15.5 Å². The van der Waals surface area contributed by atoms with Crippen LogP contribution in [0.1, 0.15) is 29.9 Å². The molecule has 4 rings (SSSR count). The van der Waals surface area contributed by atoms with Gasteiger partial charge in [-0.25, -0.2) is 9.36 Å². The summed E-state index contributed by atoms with van der Waals surface area (Å²) in [4.78, 5) is 26.0. The van der Waals surface area contributed by atoms with E-state index in [9.17, 15) is 9.59 Å². The van der Waals surface area contributed by atoms with Crippen LogP contribution < -0.4 is 15.6 Å². The van der Waals surface area contributed by atoms with E-state index in [1.54, 1.807) is 18.7 Å². The Bertz CT molecular complexity index is 1340. The number of carbonyl (C=O) groups excluding carboxylic acids is 1. The Morgan fingerprint density at radius 1 is 1.09 bits per heavy atom. The first-order valence-corrected chi connectivity index (χ1v) is 10.4. The molecule has 1 N–H and O–H groups in total. The second kappa shape index (κ2) is 8.66. The van der Waals surface area contributed by atoms with Gasteiger partial charge < -0.3 is 10.1 Å². The molecule has 1 amide bonds. The summed E-state index contributed by atoms with van der Waals surface area (Å²) in [5.41, 5.74) is 3.13. The summed E-state index contributed by atoms with van der Waals surface area (Å²) in [6, 6.07) is 16.3. The van der Waals surface area contributed by atoms with Crippen molar-refractivity contribution in [3.05, 3.63) is 81.9 Å². The first-order valence-electron chi connectivity index (χ1n) is 10.4. The number of carbonyl (C=O) groups is 1. The van der Waals surface area contributed by atoms with Gasteiger partial charge in [-0.15, -0.1) is 0 Å². The summed E-state index contributed by atoms with van der Waals surface area (Å²) < 4.78 is 8.16. The molecule has 0 bridgehead atoms. The van der Waals surface area contributed by atoms with Crippen molar-refractivity contribution in [2.75, 3.05) is 7.11 Å². The molecule has 0 fully saturated rings. The predicted octanol–water partition coefficient (Wildman–Crippen LogP) is 3.09. The van der Waals surface area contributed by atoms with Gasteiger partial charge >= 0.3 is 0 Å². The number of benzene rings is 2. The van der Waals surface area contributed by atoms with Crippen LogP contribution in [0.4, 0.5) is 0 Å². The molecule has 0 aliphatic heterocycles. The molecule has 1 atom stereocenters. The van der Waals surface area contributed by atoms with Crippen molar-refractivity contribution in [3.63, 3.8) is 0 Å². The average Bonchev–Trinajstić information content (AvgIpc) is 3.18. The maximum Gasteiger partial charge on any atom is 0.295 e. The largest absolute Gasteiger partial charge is 0.497 e. The maximum absolute atomic E-state index is 13.2. The molecule has 8 heteroatoms. The van der Waals surface area contributed by atoms with Gasteiger partial charge in [0.05, 0.1) is 29.6 Å². The van der Waals surface area contributed by atoms with Crippen molar-refractivity contribution in [1.29, 1.82) is 0 Å². The Morgan fingerprint density at radius 3 is 2.56 bits per heavy atom. The smallest absolute Gasteiger partial charge is 0.295 e. The van der Waals surface area contributed by atoms with Crippen LogP contribution in [0.5, 0.6) is 5.75 Å². The highest BCUT2D eigenvalue weighted by molar-refractivity contribution is 5.84. The first kappa shape index (κ1) is 21.3. The zero-order valence-corrected chi connectivity index (χ0v) is 18.5. The second-order valence-electron chi connectivity index (χ2n) is 7.64. The Hall–Kier alpha value is -3.94. The zero-order chi connectivity index (χ0) is 22.8. The minimum atomic E-state index is -0.793. The van der Waals surface area contributed by atoms with Crippen LogP contribution in [0.15, 0.2) is 59.4 Å². The summed E-state index contributed by atoms with van der Waals surface area (Å²) in [6.45, 7) is 5.70. The van der Waals surface area contributed by atoms with Crippen LogP contribution >= 0.6 is 0 Å². The topological polar surface area (TPSA) is 91.0 Å². The number of ether oxygens (including phenoxy) is 1. The van der Waals surface area contributed by atoms with E-state index in [1.807, 2.05) is 68.4 Å². The first-order chi connectivity index (χ1) is 15.4. The molecule has 0 unspecified atom stereocenters. The van der Waals surface area contributed by atoms with Crippen LogP contribution in [0, 0.1) is 13.8 Å². The number of nitrogens with zero attached hydrogens (tertiary/aromatic N) is 4. The number of nitrogens with one attached hydrogen (secondary N) is 1. The molecule has 0 saturated heterocycles. The highest BCUT2D eigenvalue weighted by atomic mass is 16.5.